The van der Waals surface area contributed by atoms with Crippen molar-refractivity contribution >= 4 is 43.8 Å². The molecule has 0 amide bonds. The summed E-state index contributed by atoms with van der Waals surface area (Å²) in [5.74, 6) is 0.164. The summed E-state index contributed by atoms with van der Waals surface area (Å²) in [6.07, 6.45) is 0.448. The second kappa shape index (κ2) is 5.27. The van der Waals surface area contributed by atoms with Crippen LogP contribution < -0.4 is 0 Å². The molecule has 0 saturated carbocycles. The van der Waals surface area contributed by atoms with Crippen molar-refractivity contribution in [3.05, 3.63) is 68.8 Å². The molecule has 0 fully saturated rings. The summed E-state index contributed by atoms with van der Waals surface area (Å²) in [6, 6.07) is 16.3. The molecule has 1 aromatic heterocycles. The van der Waals surface area contributed by atoms with Crippen LogP contribution in [0.5, 0.6) is 0 Å². The number of fused-ring (bicyclic) bond motifs is 1. The number of Topliss-reactive ketones (excluding diaryl/α,β-unsaturated/α-hetero) is 1. The average Bonchev–Trinajstić information content (AvgIpc) is 2.85. The third-order valence-corrected chi connectivity index (χ3v) is 4.93. The summed E-state index contributed by atoms with van der Waals surface area (Å²) >= 11 is 4.89. The largest absolute Gasteiger partial charge is 0.293 e. The molecule has 0 saturated heterocycles. The van der Waals surface area contributed by atoms with E-state index in [2.05, 4.69) is 40.2 Å². The molecule has 3 aromatic rings. The number of hydrogen-bond donors (Lipinski definition) is 0. The van der Waals surface area contributed by atoms with Gasteiger partial charge in [0.2, 0.25) is 0 Å². The van der Waals surface area contributed by atoms with E-state index >= 15 is 0 Å². The van der Waals surface area contributed by atoms with Crippen LogP contribution in [0.25, 0.3) is 10.8 Å². The van der Waals surface area contributed by atoms with Crippen molar-refractivity contribution < 1.29 is 4.79 Å². The van der Waals surface area contributed by atoms with Crippen LogP contribution in [0.3, 0.4) is 0 Å². The molecular weight excluding hydrogens is 320 g/mol. The van der Waals surface area contributed by atoms with Gasteiger partial charge in [-0.05, 0) is 43.7 Å². The molecule has 3 rings (SSSR count). The number of halogens is 1. The van der Waals surface area contributed by atoms with Crippen LogP contribution in [0.15, 0.2) is 58.4 Å². The Balaban J connectivity index is 1.89. The van der Waals surface area contributed by atoms with Crippen LogP contribution in [-0.4, -0.2) is 5.78 Å². The Hall–Kier alpha value is -1.45. The van der Waals surface area contributed by atoms with E-state index in [1.54, 1.807) is 0 Å². The molecule has 1 heterocycles. The highest BCUT2D eigenvalue weighted by Gasteiger charge is 2.12. The van der Waals surface area contributed by atoms with Gasteiger partial charge in [-0.1, -0.05) is 42.5 Å². The number of thiophene rings is 1. The smallest absolute Gasteiger partial charge is 0.178 e. The van der Waals surface area contributed by atoms with Crippen LogP contribution in [0.2, 0.25) is 0 Å². The summed E-state index contributed by atoms with van der Waals surface area (Å²) in [5, 5.41) is 4.31. The highest BCUT2D eigenvalue weighted by molar-refractivity contribution is 9.10. The molecule has 0 aliphatic carbocycles. The van der Waals surface area contributed by atoms with Gasteiger partial charge in [0.25, 0.3) is 0 Å². The molecule has 0 unspecified atom stereocenters. The molecule has 0 atom stereocenters. The molecular formula is C16H11BrOS. The quantitative estimate of drug-likeness (QED) is 0.611. The van der Waals surface area contributed by atoms with Gasteiger partial charge in [0, 0.05) is 10.9 Å². The van der Waals surface area contributed by atoms with Crippen LogP contribution in [-0.2, 0) is 6.42 Å². The standard InChI is InChI=1S/C16H11BrOS/c17-14-7-8-19-16(14)15(18)10-11-5-6-12-3-1-2-4-13(12)9-11/h1-9H,10H2. The lowest BCUT2D eigenvalue weighted by atomic mass is 10.0. The van der Waals surface area contributed by atoms with Crippen LogP contribution in [0, 0.1) is 0 Å². The van der Waals surface area contributed by atoms with Crippen molar-refractivity contribution in [3.63, 3.8) is 0 Å². The number of rotatable bonds is 3. The Kier molecular flexibility index (Phi) is 3.49. The first-order valence-electron chi connectivity index (χ1n) is 5.98. The number of carbonyl (C=O) groups excluding carboxylic acids is 1. The minimum absolute atomic E-state index is 0.164. The number of ketones is 1. The van der Waals surface area contributed by atoms with E-state index in [0.717, 1.165) is 14.9 Å². The van der Waals surface area contributed by atoms with Crippen molar-refractivity contribution in [2.45, 2.75) is 6.42 Å². The average molecular weight is 331 g/mol. The fourth-order valence-electron chi connectivity index (χ4n) is 2.11. The van der Waals surface area contributed by atoms with Crippen molar-refractivity contribution in [1.82, 2.24) is 0 Å². The molecule has 0 aliphatic rings. The second-order valence-electron chi connectivity index (χ2n) is 4.38. The number of hydrogen-bond acceptors (Lipinski definition) is 2. The summed E-state index contributed by atoms with van der Waals surface area (Å²) in [5.41, 5.74) is 1.06. The molecule has 0 N–H and O–H groups in total. The Labute approximate surface area is 124 Å². The first-order chi connectivity index (χ1) is 9.24. The third-order valence-electron chi connectivity index (χ3n) is 3.05. The Morgan fingerprint density at radius 1 is 1.05 bits per heavy atom. The van der Waals surface area contributed by atoms with E-state index in [9.17, 15) is 4.79 Å². The molecule has 0 radical (unpaired) electrons. The zero-order chi connectivity index (χ0) is 13.2. The zero-order valence-corrected chi connectivity index (χ0v) is 12.5. The van der Waals surface area contributed by atoms with E-state index < -0.39 is 0 Å². The van der Waals surface area contributed by atoms with Crippen LogP contribution in [0.1, 0.15) is 15.2 Å². The predicted molar refractivity (Wildman–Crippen MR) is 84.0 cm³/mol. The van der Waals surface area contributed by atoms with Gasteiger partial charge in [0.15, 0.2) is 5.78 Å². The van der Waals surface area contributed by atoms with Gasteiger partial charge < -0.3 is 0 Å². The van der Waals surface area contributed by atoms with Gasteiger partial charge >= 0.3 is 0 Å². The maximum absolute atomic E-state index is 12.2. The molecule has 3 heteroatoms. The van der Waals surface area contributed by atoms with Gasteiger partial charge in [-0.25, -0.2) is 0 Å². The van der Waals surface area contributed by atoms with E-state index in [0.29, 0.717) is 6.42 Å². The Morgan fingerprint density at radius 2 is 1.84 bits per heavy atom. The maximum atomic E-state index is 12.2. The maximum Gasteiger partial charge on any atom is 0.178 e. The lowest BCUT2D eigenvalue weighted by Crippen LogP contribution is -2.01. The topological polar surface area (TPSA) is 17.1 Å². The molecule has 2 aromatic carbocycles. The first kappa shape index (κ1) is 12.6. The summed E-state index contributed by atoms with van der Waals surface area (Å²) in [7, 11) is 0. The highest BCUT2D eigenvalue weighted by Crippen LogP contribution is 2.25. The van der Waals surface area contributed by atoms with E-state index in [1.807, 2.05) is 29.6 Å². The molecule has 94 valence electrons. The third kappa shape index (κ3) is 2.62. The lowest BCUT2D eigenvalue weighted by molar-refractivity contribution is 0.0996. The normalized spacial score (nSPS) is 10.8. The monoisotopic (exact) mass is 330 g/mol. The minimum atomic E-state index is 0.164. The molecule has 0 aliphatic heterocycles. The minimum Gasteiger partial charge on any atom is -0.293 e. The summed E-state index contributed by atoms with van der Waals surface area (Å²) < 4.78 is 0.892. The second-order valence-corrected chi connectivity index (χ2v) is 6.15. The van der Waals surface area contributed by atoms with Crippen molar-refractivity contribution in [1.29, 1.82) is 0 Å². The molecule has 0 spiro atoms. The lowest BCUT2D eigenvalue weighted by Gasteiger charge is -2.03. The molecule has 1 nitrogen and oxygen atoms in total. The molecule has 0 bridgehead atoms. The zero-order valence-electron chi connectivity index (χ0n) is 10.1. The molecule has 19 heavy (non-hydrogen) atoms. The number of benzene rings is 2. The van der Waals surface area contributed by atoms with Crippen LogP contribution in [0.4, 0.5) is 0 Å². The SMILES string of the molecule is O=C(Cc1ccc2ccccc2c1)c1sccc1Br. The van der Waals surface area contributed by atoms with Crippen molar-refractivity contribution in [2.75, 3.05) is 0 Å². The van der Waals surface area contributed by atoms with E-state index in [4.69, 9.17) is 0 Å². The predicted octanol–water partition coefficient (Wildman–Crippen LogP) is 5.09. The summed E-state index contributed by atoms with van der Waals surface area (Å²) in [6.45, 7) is 0. The van der Waals surface area contributed by atoms with Crippen LogP contribution >= 0.6 is 27.3 Å². The van der Waals surface area contributed by atoms with Gasteiger partial charge in [-0.15, -0.1) is 11.3 Å². The summed E-state index contributed by atoms with van der Waals surface area (Å²) in [4.78, 5) is 13.0. The van der Waals surface area contributed by atoms with Crippen molar-refractivity contribution in [3.8, 4) is 0 Å². The Bertz CT molecular complexity index is 745. The number of carbonyl (C=O) groups is 1. The van der Waals surface area contributed by atoms with Crippen molar-refractivity contribution in [2.24, 2.45) is 0 Å². The van der Waals surface area contributed by atoms with Gasteiger partial charge in [0.05, 0.1) is 4.88 Å². The Morgan fingerprint density at radius 3 is 2.58 bits per heavy atom. The van der Waals surface area contributed by atoms with Gasteiger partial charge in [-0.3, -0.25) is 4.79 Å². The van der Waals surface area contributed by atoms with E-state index in [-0.39, 0.29) is 5.78 Å². The van der Waals surface area contributed by atoms with Gasteiger partial charge in [-0.2, -0.15) is 0 Å². The highest BCUT2D eigenvalue weighted by atomic mass is 79.9. The fourth-order valence-corrected chi connectivity index (χ4v) is 3.64. The van der Waals surface area contributed by atoms with E-state index in [1.165, 1.54) is 22.1 Å². The fraction of sp³-hybridized carbons (Fsp3) is 0.0625. The van der Waals surface area contributed by atoms with Gasteiger partial charge in [0.1, 0.15) is 0 Å². The first-order valence-corrected chi connectivity index (χ1v) is 7.65.